The Morgan fingerprint density at radius 1 is 0.769 bits per heavy atom. The van der Waals surface area contributed by atoms with E-state index in [0.29, 0.717) is 0 Å². The summed E-state index contributed by atoms with van der Waals surface area (Å²) < 4.78 is 2.26. The van der Waals surface area contributed by atoms with Gasteiger partial charge in [0.2, 0.25) is 0 Å². The average Bonchev–Trinajstić information content (AvgIpc) is 3.59. The Hall–Kier alpha value is -1.60. The van der Waals surface area contributed by atoms with Gasteiger partial charge >= 0.3 is 0 Å². The predicted octanol–water partition coefficient (Wildman–Crippen LogP) is 7.73. The first kappa shape index (κ1) is 27.6. The lowest BCUT2D eigenvalue weighted by atomic mass is 9.60. The monoisotopic (exact) mass is 652 g/mol. The summed E-state index contributed by atoms with van der Waals surface area (Å²) in [5, 5.41) is 0. The van der Waals surface area contributed by atoms with Crippen LogP contribution in [0.4, 0.5) is 11.4 Å². The molecule has 6 heteroatoms. The van der Waals surface area contributed by atoms with Gasteiger partial charge in [0.05, 0.1) is 19.0 Å². The molecule has 2 aromatic carbocycles. The molecular weight excluding hydrogens is 612 g/mol. The van der Waals surface area contributed by atoms with Gasteiger partial charge < -0.3 is 9.80 Å². The van der Waals surface area contributed by atoms with Gasteiger partial charge in [0.25, 0.3) is 0 Å². The minimum Gasteiger partial charge on any atom is -0.337 e. The molecule has 0 unspecified atom stereocenters. The van der Waals surface area contributed by atoms with Crippen LogP contribution in [0.5, 0.6) is 0 Å². The van der Waals surface area contributed by atoms with Crippen LogP contribution in [-0.2, 0) is 10.8 Å². The molecule has 208 valence electrons. The Kier molecular flexibility index (Phi) is 6.32. The largest absolute Gasteiger partial charge is 0.337 e. The van der Waals surface area contributed by atoms with Gasteiger partial charge in [0, 0.05) is 44.2 Å². The molecule has 0 amide bonds. The third-order valence-corrected chi connectivity index (χ3v) is 12.1. The fourth-order valence-electron chi connectivity index (χ4n) is 8.86. The first-order chi connectivity index (χ1) is 18.4. The van der Waals surface area contributed by atoms with Gasteiger partial charge in [-0.15, -0.1) is 13.2 Å². The summed E-state index contributed by atoms with van der Waals surface area (Å²) >= 11 is 7.64. The average molecular weight is 655 g/mol. The van der Waals surface area contributed by atoms with E-state index >= 15 is 0 Å². The molecule has 2 saturated heterocycles. The van der Waals surface area contributed by atoms with E-state index in [2.05, 4.69) is 155 Å². The summed E-state index contributed by atoms with van der Waals surface area (Å²) in [6, 6.07) is 13.9. The standard InChI is InChI=1S/C33H42Br2N4/c1-9-30(3,4)32-15-17-36(7)28(32)38(26-19-22(34)11-13-24(26)32)21-39-27-20-23(35)12-14-25(27)33(31(5,6)10-2)16-18-37(8)29(33)39/h9-14,19-20,28-29H,1-2,15-18,21H2,3-8H3/t28-,29-,32-,33-/m1/s1. The third kappa shape index (κ3) is 3.41. The molecule has 0 aromatic heterocycles. The zero-order chi connectivity index (χ0) is 28.1. The third-order valence-electron chi connectivity index (χ3n) is 11.1. The van der Waals surface area contributed by atoms with Crippen molar-refractivity contribution in [2.75, 3.05) is 43.7 Å². The van der Waals surface area contributed by atoms with Crippen LogP contribution in [0.1, 0.15) is 51.7 Å². The zero-order valence-corrected chi connectivity index (χ0v) is 27.4. The highest BCUT2D eigenvalue weighted by atomic mass is 79.9. The summed E-state index contributed by atoms with van der Waals surface area (Å²) in [7, 11) is 4.61. The van der Waals surface area contributed by atoms with Crippen LogP contribution in [-0.4, -0.2) is 56.0 Å². The van der Waals surface area contributed by atoms with E-state index in [4.69, 9.17) is 0 Å². The predicted molar refractivity (Wildman–Crippen MR) is 171 cm³/mol. The molecule has 0 N–H and O–H groups in total. The van der Waals surface area contributed by atoms with Crippen molar-refractivity contribution in [2.24, 2.45) is 10.8 Å². The molecule has 0 saturated carbocycles. The quantitative estimate of drug-likeness (QED) is 0.296. The summed E-state index contributed by atoms with van der Waals surface area (Å²) in [5.41, 5.74) is 5.40. The highest BCUT2D eigenvalue weighted by Crippen LogP contribution is 2.63. The Morgan fingerprint density at radius 2 is 1.15 bits per heavy atom. The minimum absolute atomic E-state index is 0.0294. The molecule has 0 bridgehead atoms. The van der Waals surface area contributed by atoms with Crippen LogP contribution < -0.4 is 9.80 Å². The Balaban J connectivity index is 1.55. The molecule has 39 heavy (non-hydrogen) atoms. The smallest absolute Gasteiger partial charge is 0.0943 e. The Labute approximate surface area is 252 Å². The molecule has 4 aliphatic heterocycles. The number of benzene rings is 2. The van der Waals surface area contributed by atoms with E-state index in [1.165, 1.54) is 22.5 Å². The molecule has 6 rings (SSSR count). The van der Waals surface area contributed by atoms with E-state index < -0.39 is 0 Å². The van der Waals surface area contributed by atoms with Gasteiger partial charge in [-0.1, -0.05) is 83.8 Å². The van der Waals surface area contributed by atoms with E-state index in [1.807, 2.05) is 0 Å². The second-order valence-electron chi connectivity index (χ2n) is 13.4. The second kappa shape index (κ2) is 8.95. The Morgan fingerprint density at radius 3 is 1.51 bits per heavy atom. The molecule has 4 heterocycles. The van der Waals surface area contributed by atoms with Crippen LogP contribution in [0.3, 0.4) is 0 Å². The number of rotatable bonds is 6. The zero-order valence-electron chi connectivity index (χ0n) is 24.3. The van der Waals surface area contributed by atoms with Gasteiger partial charge in [-0.25, -0.2) is 0 Å². The van der Waals surface area contributed by atoms with Crippen LogP contribution in [0.25, 0.3) is 0 Å². The fraction of sp³-hybridized carbons (Fsp3) is 0.515. The van der Waals surface area contributed by atoms with Crippen LogP contribution in [0, 0.1) is 10.8 Å². The number of anilines is 2. The lowest BCUT2D eigenvalue weighted by Gasteiger charge is -2.48. The molecule has 4 nitrogen and oxygen atoms in total. The number of hydrogen-bond donors (Lipinski definition) is 0. The van der Waals surface area contributed by atoms with Gasteiger partial charge in [-0.05, 0) is 73.2 Å². The number of halogens is 2. The fourth-order valence-corrected chi connectivity index (χ4v) is 9.56. The van der Waals surface area contributed by atoms with E-state index in [9.17, 15) is 0 Å². The normalized spacial score (nSPS) is 30.4. The van der Waals surface area contributed by atoms with Gasteiger partial charge in [-0.3, -0.25) is 9.80 Å². The number of likely N-dealkylation sites (N-methyl/N-ethyl adjacent to an activating group) is 2. The van der Waals surface area contributed by atoms with Crippen molar-refractivity contribution in [1.29, 1.82) is 0 Å². The van der Waals surface area contributed by atoms with Crippen molar-refractivity contribution in [3.8, 4) is 0 Å². The number of allylic oxidation sites excluding steroid dienone is 2. The van der Waals surface area contributed by atoms with Gasteiger partial charge in [-0.2, -0.15) is 0 Å². The molecule has 0 aliphatic carbocycles. The van der Waals surface area contributed by atoms with Crippen LogP contribution in [0.15, 0.2) is 70.7 Å². The number of fused-ring (bicyclic) bond motifs is 6. The summed E-state index contributed by atoms with van der Waals surface area (Å²) in [4.78, 5) is 10.6. The molecule has 0 radical (unpaired) electrons. The van der Waals surface area contributed by atoms with E-state index in [1.54, 1.807) is 0 Å². The van der Waals surface area contributed by atoms with Crippen molar-refractivity contribution in [2.45, 2.75) is 63.7 Å². The number of likely N-dealkylation sites (tertiary alicyclic amines) is 2. The van der Waals surface area contributed by atoms with Crippen LogP contribution >= 0.6 is 31.9 Å². The van der Waals surface area contributed by atoms with E-state index in [0.717, 1.165) is 41.5 Å². The number of hydrogen-bond acceptors (Lipinski definition) is 4. The summed E-state index contributed by atoms with van der Waals surface area (Å²) in [5.74, 6) is 0. The highest BCUT2D eigenvalue weighted by molar-refractivity contribution is 9.10. The summed E-state index contributed by atoms with van der Waals surface area (Å²) in [6.45, 7) is 21.2. The lowest BCUT2D eigenvalue weighted by molar-refractivity contribution is 0.144. The molecule has 2 fully saturated rings. The first-order valence-electron chi connectivity index (χ1n) is 14.2. The second-order valence-corrected chi connectivity index (χ2v) is 15.2. The van der Waals surface area contributed by atoms with Crippen LogP contribution in [0.2, 0.25) is 0 Å². The highest BCUT2D eigenvalue weighted by Gasteiger charge is 2.65. The van der Waals surface area contributed by atoms with E-state index in [-0.39, 0.29) is 34.0 Å². The van der Waals surface area contributed by atoms with Crippen molar-refractivity contribution >= 4 is 43.2 Å². The maximum Gasteiger partial charge on any atom is 0.0943 e. The molecule has 2 aromatic rings. The van der Waals surface area contributed by atoms with Crippen molar-refractivity contribution in [3.05, 3.63) is 81.8 Å². The topological polar surface area (TPSA) is 13.0 Å². The maximum atomic E-state index is 4.34. The van der Waals surface area contributed by atoms with Crippen molar-refractivity contribution in [3.63, 3.8) is 0 Å². The maximum absolute atomic E-state index is 4.34. The Bertz CT molecular complexity index is 1250. The van der Waals surface area contributed by atoms with Gasteiger partial charge in [0.1, 0.15) is 0 Å². The number of nitrogens with zero attached hydrogens (tertiary/aromatic N) is 4. The van der Waals surface area contributed by atoms with Crippen molar-refractivity contribution < 1.29 is 0 Å². The molecular formula is C33H42Br2N4. The molecule has 4 aliphatic rings. The first-order valence-corrected chi connectivity index (χ1v) is 15.8. The molecule has 4 atom stereocenters. The van der Waals surface area contributed by atoms with Gasteiger partial charge in [0.15, 0.2) is 0 Å². The van der Waals surface area contributed by atoms with Crippen molar-refractivity contribution in [1.82, 2.24) is 9.80 Å². The minimum atomic E-state index is -0.0650. The SMILES string of the molecule is C=CC(C)(C)[C@@]12CCN(C)[C@@H]1N(CN1c3cc(Br)ccc3[C@]3(C(C)(C)C=C)CCN(C)[C@H]13)c1cc(Br)ccc12. The molecule has 0 spiro atoms. The lowest BCUT2D eigenvalue weighted by Crippen LogP contribution is -2.60. The summed E-state index contributed by atoms with van der Waals surface area (Å²) in [6.07, 6.45) is 7.13.